The summed E-state index contributed by atoms with van der Waals surface area (Å²) in [6.07, 6.45) is 1.74. The molecule has 27 heavy (non-hydrogen) atoms. The van der Waals surface area contributed by atoms with Gasteiger partial charge in [-0.15, -0.1) is 11.3 Å². The lowest BCUT2D eigenvalue weighted by Gasteiger charge is -2.06. The number of hydrogen-bond donors (Lipinski definition) is 0. The van der Waals surface area contributed by atoms with Gasteiger partial charge in [0.05, 0.1) is 5.69 Å². The number of carbonyl (C=O) groups is 1. The zero-order valence-corrected chi connectivity index (χ0v) is 16.8. The molecule has 0 bridgehead atoms. The van der Waals surface area contributed by atoms with Gasteiger partial charge < -0.3 is 4.74 Å². The van der Waals surface area contributed by atoms with E-state index in [2.05, 4.69) is 9.98 Å². The van der Waals surface area contributed by atoms with Gasteiger partial charge in [-0.25, -0.2) is 4.98 Å². The summed E-state index contributed by atoms with van der Waals surface area (Å²) in [6.45, 7) is 8.19. The van der Waals surface area contributed by atoms with E-state index >= 15 is 0 Å². The van der Waals surface area contributed by atoms with Crippen LogP contribution < -0.4 is 10.2 Å². The quantitative estimate of drug-likeness (QED) is 0.667. The normalized spacial score (nSPS) is 11.8. The molecule has 0 aliphatic heterocycles. The minimum Gasteiger partial charge on any atom is -0.486 e. The van der Waals surface area contributed by atoms with E-state index in [9.17, 15) is 4.79 Å². The van der Waals surface area contributed by atoms with Crippen molar-refractivity contribution in [2.24, 2.45) is 4.99 Å². The molecule has 0 unspecified atom stereocenters. The number of hydrogen-bond acceptors (Lipinski definition) is 5. The lowest BCUT2D eigenvalue weighted by molar-refractivity contribution is 0.0958. The van der Waals surface area contributed by atoms with Crippen molar-refractivity contribution in [1.29, 1.82) is 0 Å². The van der Waals surface area contributed by atoms with Crippen LogP contribution in [0, 0.1) is 13.8 Å². The number of thiazole rings is 1. The first-order chi connectivity index (χ1) is 12.9. The van der Waals surface area contributed by atoms with Crippen molar-refractivity contribution in [3.05, 3.63) is 75.3 Å². The summed E-state index contributed by atoms with van der Waals surface area (Å²) in [5.41, 5.74) is 2.53. The molecule has 2 heterocycles. The molecule has 0 saturated carbocycles. The molecule has 0 atom stereocenters. The van der Waals surface area contributed by atoms with Crippen molar-refractivity contribution in [2.45, 2.75) is 40.3 Å². The first kappa shape index (κ1) is 19.0. The van der Waals surface area contributed by atoms with E-state index in [1.807, 2.05) is 70.2 Å². The fourth-order valence-corrected chi connectivity index (χ4v) is 3.49. The van der Waals surface area contributed by atoms with Crippen LogP contribution in [0.25, 0.3) is 0 Å². The Hall–Kier alpha value is -2.73. The molecule has 0 N–H and O–H groups in total. The Balaban J connectivity index is 1.82. The molecule has 3 rings (SSSR count). The van der Waals surface area contributed by atoms with Gasteiger partial charge in [0.25, 0.3) is 5.91 Å². The third-order valence-electron chi connectivity index (χ3n) is 3.87. The molecule has 0 aliphatic carbocycles. The minimum atomic E-state index is -0.119. The van der Waals surface area contributed by atoms with Gasteiger partial charge in [0, 0.05) is 12.2 Å². The molecular formula is C21H23N3O2S. The van der Waals surface area contributed by atoms with Crippen LogP contribution in [0.5, 0.6) is 5.75 Å². The van der Waals surface area contributed by atoms with Gasteiger partial charge in [-0.05, 0) is 52.0 Å². The van der Waals surface area contributed by atoms with E-state index in [4.69, 9.17) is 4.74 Å². The number of nitrogens with zero attached hydrogens (tertiary/aromatic N) is 3. The summed E-state index contributed by atoms with van der Waals surface area (Å²) >= 11 is 1.36. The van der Waals surface area contributed by atoms with Gasteiger partial charge in [-0.3, -0.25) is 14.4 Å². The van der Waals surface area contributed by atoms with Gasteiger partial charge >= 0.3 is 0 Å². The highest BCUT2D eigenvalue weighted by atomic mass is 32.1. The zero-order chi connectivity index (χ0) is 19.4. The first-order valence-corrected chi connectivity index (χ1v) is 9.67. The Morgan fingerprint density at radius 2 is 1.93 bits per heavy atom. The SMILES string of the molecule is Cc1ccc(OCc2nc(C)c(C(=O)n3ccccc3=NC(C)C)s2)cc1. The van der Waals surface area contributed by atoms with Crippen LogP contribution in [0.4, 0.5) is 0 Å². The molecule has 0 aliphatic rings. The molecular weight excluding hydrogens is 358 g/mol. The highest BCUT2D eigenvalue weighted by molar-refractivity contribution is 7.13. The van der Waals surface area contributed by atoms with Crippen LogP contribution in [0.15, 0.2) is 53.7 Å². The van der Waals surface area contributed by atoms with Crippen LogP contribution >= 0.6 is 11.3 Å². The van der Waals surface area contributed by atoms with Crippen molar-refractivity contribution in [2.75, 3.05) is 0 Å². The van der Waals surface area contributed by atoms with Crippen LogP contribution in [-0.2, 0) is 6.61 Å². The maximum absolute atomic E-state index is 13.0. The molecule has 3 aromatic rings. The number of pyridine rings is 1. The number of carbonyl (C=O) groups excluding carboxylic acids is 1. The van der Waals surface area contributed by atoms with E-state index in [0.29, 0.717) is 22.7 Å². The summed E-state index contributed by atoms with van der Waals surface area (Å²) in [6, 6.07) is 13.5. The Morgan fingerprint density at radius 1 is 1.19 bits per heavy atom. The van der Waals surface area contributed by atoms with Crippen molar-refractivity contribution >= 4 is 17.2 Å². The summed E-state index contributed by atoms with van der Waals surface area (Å²) in [4.78, 5) is 22.7. The number of aryl methyl sites for hydroxylation is 2. The van der Waals surface area contributed by atoms with Crippen molar-refractivity contribution in [3.8, 4) is 5.75 Å². The van der Waals surface area contributed by atoms with Crippen molar-refractivity contribution in [3.63, 3.8) is 0 Å². The Kier molecular flexibility index (Phi) is 5.86. The maximum Gasteiger partial charge on any atom is 0.275 e. The zero-order valence-electron chi connectivity index (χ0n) is 16.0. The number of benzene rings is 1. The molecule has 1 aromatic carbocycles. The van der Waals surface area contributed by atoms with Gasteiger partial charge in [-0.1, -0.05) is 23.8 Å². The lowest BCUT2D eigenvalue weighted by atomic mass is 10.2. The van der Waals surface area contributed by atoms with E-state index in [1.54, 1.807) is 10.8 Å². The standard InChI is InChI=1S/C21H23N3O2S/c1-14(2)22-18-7-5-6-12-24(18)21(25)20-16(4)23-19(27-20)13-26-17-10-8-15(3)9-11-17/h5-12,14H,13H2,1-4H3. The van der Waals surface area contributed by atoms with Gasteiger partial charge in [0.2, 0.25) is 0 Å². The molecule has 0 spiro atoms. The third kappa shape index (κ3) is 4.71. The van der Waals surface area contributed by atoms with Gasteiger partial charge in [0.15, 0.2) is 0 Å². The second-order valence-corrected chi connectivity index (χ2v) is 7.66. The monoisotopic (exact) mass is 381 g/mol. The van der Waals surface area contributed by atoms with Gasteiger partial charge in [-0.2, -0.15) is 0 Å². The first-order valence-electron chi connectivity index (χ1n) is 8.86. The van der Waals surface area contributed by atoms with Crippen molar-refractivity contribution in [1.82, 2.24) is 9.55 Å². The summed E-state index contributed by atoms with van der Waals surface area (Å²) < 4.78 is 7.36. The van der Waals surface area contributed by atoms with Crippen LogP contribution in [0.3, 0.4) is 0 Å². The predicted molar refractivity (Wildman–Crippen MR) is 107 cm³/mol. The largest absolute Gasteiger partial charge is 0.486 e. The van der Waals surface area contributed by atoms with Crippen LogP contribution in [0.1, 0.15) is 39.8 Å². The molecule has 0 fully saturated rings. The highest BCUT2D eigenvalue weighted by Gasteiger charge is 2.17. The van der Waals surface area contributed by atoms with Crippen LogP contribution in [0.2, 0.25) is 0 Å². The average molecular weight is 382 g/mol. The Bertz CT molecular complexity index is 1000. The molecule has 0 amide bonds. The third-order valence-corrected chi connectivity index (χ3v) is 4.98. The van der Waals surface area contributed by atoms with E-state index < -0.39 is 0 Å². The van der Waals surface area contributed by atoms with E-state index in [-0.39, 0.29) is 11.9 Å². The van der Waals surface area contributed by atoms with E-state index in [1.165, 1.54) is 16.9 Å². The number of ether oxygens (including phenoxy) is 1. The van der Waals surface area contributed by atoms with Crippen LogP contribution in [-0.4, -0.2) is 21.5 Å². The Morgan fingerprint density at radius 3 is 2.63 bits per heavy atom. The Labute approximate surface area is 163 Å². The topological polar surface area (TPSA) is 56.5 Å². The molecule has 0 saturated heterocycles. The van der Waals surface area contributed by atoms with Gasteiger partial charge in [0.1, 0.15) is 27.7 Å². The fourth-order valence-electron chi connectivity index (χ4n) is 2.58. The molecule has 140 valence electrons. The lowest BCUT2D eigenvalue weighted by Crippen LogP contribution is -2.28. The predicted octanol–water partition coefficient (Wildman–Crippen LogP) is 4.14. The molecule has 6 heteroatoms. The molecule has 0 radical (unpaired) electrons. The maximum atomic E-state index is 13.0. The number of aromatic nitrogens is 2. The summed E-state index contributed by atoms with van der Waals surface area (Å²) in [5.74, 6) is 0.670. The van der Waals surface area contributed by atoms with E-state index in [0.717, 1.165) is 10.8 Å². The second-order valence-electron chi connectivity index (χ2n) is 6.58. The highest BCUT2D eigenvalue weighted by Crippen LogP contribution is 2.21. The summed E-state index contributed by atoms with van der Waals surface area (Å²) in [5, 5.41) is 0.773. The smallest absolute Gasteiger partial charge is 0.275 e. The average Bonchev–Trinajstić information content (AvgIpc) is 3.01. The molecule has 2 aromatic heterocycles. The number of rotatable bonds is 5. The molecule has 5 nitrogen and oxygen atoms in total. The minimum absolute atomic E-state index is 0.104. The summed E-state index contributed by atoms with van der Waals surface area (Å²) in [7, 11) is 0. The fraction of sp³-hybridized carbons (Fsp3) is 0.286. The second kappa shape index (κ2) is 8.31. The van der Waals surface area contributed by atoms with Crippen molar-refractivity contribution < 1.29 is 9.53 Å².